The summed E-state index contributed by atoms with van der Waals surface area (Å²) in [5.74, 6) is 1.55. The van der Waals surface area contributed by atoms with Gasteiger partial charge in [-0.15, -0.1) is 0 Å². The first kappa shape index (κ1) is 8.54. The van der Waals surface area contributed by atoms with Crippen LogP contribution in [-0.2, 0) is 5.41 Å². The van der Waals surface area contributed by atoms with E-state index in [1.54, 1.807) is 0 Å². The molecule has 15 heavy (non-hydrogen) atoms. The van der Waals surface area contributed by atoms with E-state index >= 15 is 0 Å². The Balaban J connectivity index is 1.95. The van der Waals surface area contributed by atoms with Crippen molar-refractivity contribution in [2.45, 2.75) is 18.3 Å². The molecule has 0 aromatic carbocycles. The minimum atomic E-state index is -0.0781. The van der Waals surface area contributed by atoms with Crippen molar-refractivity contribution in [2.75, 3.05) is 6.54 Å². The molecule has 0 saturated heterocycles. The molecule has 0 unspecified atom stereocenters. The molecule has 1 saturated carbocycles. The van der Waals surface area contributed by atoms with Crippen molar-refractivity contribution in [1.82, 2.24) is 25.3 Å². The number of nitrogens with zero attached hydrogens (tertiary/aromatic N) is 4. The third-order valence-electron chi connectivity index (χ3n) is 2.75. The number of H-pyrrole nitrogens is 1. The van der Waals surface area contributed by atoms with Gasteiger partial charge in [0.05, 0.1) is 5.41 Å². The Morgan fingerprint density at radius 3 is 3.00 bits per heavy atom. The average Bonchev–Trinajstić information content (AvgIpc) is 2.74. The van der Waals surface area contributed by atoms with Gasteiger partial charge in [0.15, 0.2) is 5.82 Å². The maximum Gasteiger partial charge on any atom is 0.239 e. The number of aromatic nitrogens is 5. The molecule has 7 heteroatoms. The smallest absolute Gasteiger partial charge is 0.239 e. The summed E-state index contributed by atoms with van der Waals surface area (Å²) in [5, 5.41) is 10.2. The quantitative estimate of drug-likeness (QED) is 0.722. The van der Waals surface area contributed by atoms with Crippen LogP contribution in [0.25, 0.3) is 11.6 Å². The summed E-state index contributed by atoms with van der Waals surface area (Å²) in [6.07, 6.45) is 3.43. The normalized spacial score (nSPS) is 17.9. The lowest BCUT2D eigenvalue weighted by molar-refractivity contribution is 0.347. The molecule has 2 aromatic heterocycles. The van der Waals surface area contributed by atoms with Crippen LogP contribution in [0.1, 0.15) is 18.7 Å². The molecule has 0 radical (unpaired) electrons. The van der Waals surface area contributed by atoms with Gasteiger partial charge in [0.1, 0.15) is 6.33 Å². The molecule has 2 aromatic rings. The van der Waals surface area contributed by atoms with Crippen molar-refractivity contribution >= 4 is 0 Å². The van der Waals surface area contributed by atoms with Gasteiger partial charge in [-0.05, 0) is 12.8 Å². The third-order valence-corrected chi connectivity index (χ3v) is 2.75. The van der Waals surface area contributed by atoms with Crippen LogP contribution in [0.3, 0.4) is 0 Å². The minimum Gasteiger partial charge on any atom is -0.338 e. The first-order valence-electron chi connectivity index (χ1n) is 4.74. The van der Waals surface area contributed by atoms with Crippen molar-refractivity contribution in [3.63, 3.8) is 0 Å². The second-order valence-electron chi connectivity index (χ2n) is 3.74. The van der Waals surface area contributed by atoms with Gasteiger partial charge in [-0.25, -0.2) is 4.98 Å². The zero-order chi connectivity index (χ0) is 10.3. The van der Waals surface area contributed by atoms with Gasteiger partial charge in [0, 0.05) is 6.54 Å². The van der Waals surface area contributed by atoms with Crippen molar-refractivity contribution in [2.24, 2.45) is 5.73 Å². The SMILES string of the molecule is NCC1(c2nc(-c3ncn[nH]3)no2)CC1. The molecule has 78 valence electrons. The zero-order valence-corrected chi connectivity index (χ0v) is 7.97. The summed E-state index contributed by atoms with van der Waals surface area (Å²) in [5.41, 5.74) is 5.59. The lowest BCUT2D eigenvalue weighted by Crippen LogP contribution is -2.19. The summed E-state index contributed by atoms with van der Waals surface area (Å²) in [6.45, 7) is 0.547. The molecule has 0 spiro atoms. The van der Waals surface area contributed by atoms with Crippen molar-refractivity contribution in [1.29, 1.82) is 0 Å². The number of nitrogens with two attached hydrogens (primary N) is 1. The van der Waals surface area contributed by atoms with Crippen LogP contribution in [0.4, 0.5) is 0 Å². The summed E-state index contributed by atoms with van der Waals surface area (Å²) < 4.78 is 5.18. The predicted octanol–water partition coefficient (Wildman–Crippen LogP) is -0.155. The summed E-state index contributed by atoms with van der Waals surface area (Å²) >= 11 is 0. The van der Waals surface area contributed by atoms with Crippen LogP contribution in [-0.4, -0.2) is 31.9 Å². The third kappa shape index (κ3) is 1.23. The van der Waals surface area contributed by atoms with Crippen LogP contribution >= 0.6 is 0 Å². The molecular weight excluding hydrogens is 196 g/mol. The maximum atomic E-state index is 5.67. The van der Waals surface area contributed by atoms with E-state index in [0.717, 1.165) is 12.8 Å². The number of nitrogens with one attached hydrogen (secondary N) is 1. The molecule has 0 amide bonds. The van der Waals surface area contributed by atoms with E-state index in [0.29, 0.717) is 24.1 Å². The molecule has 1 aliphatic carbocycles. The minimum absolute atomic E-state index is 0.0781. The summed E-state index contributed by atoms with van der Waals surface area (Å²) in [4.78, 5) is 8.21. The van der Waals surface area contributed by atoms with Crippen LogP contribution in [0.5, 0.6) is 0 Å². The fourth-order valence-corrected chi connectivity index (χ4v) is 1.50. The standard InChI is InChI=1S/C8H10N6O/c9-3-8(1-2-8)7-12-6(14-15-7)5-10-4-11-13-5/h4H,1-3,9H2,(H,10,11,13). The fraction of sp³-hybridized carbons (Fsp3) is 0.500. The highest BCUT2D eigenvalue weighted by Crippen LogP contribution is 2.46. The molecule has 2 heterocycles. The van der Waals surface area contributed by atoms with Crippen LogP contribution in [0.2, 0.25) is 0 Å². The van der Waals surface area contributed by atoms with Crippen molar-refractivity contribution in [3.05, 3.63) is 12.2 Å². The first-order chi connectivity index (χ1) is 7.34. The van der Waals surface area contributed by atoms with Crippen molar-refractivity contribution < 1.29 is 4.52 Å². The second kappa shape index (κ2) is 2.86. The highest BCUT2D eigenvalue weighted by molar-refractivity contribution is 5.40. The van der Waals surface area contributed by atoms with Gasteiger partial charge in [-0.1, -0.05) is 5.16 Å². The molecule has 0 atom stereocenters. The van der Waals surface area contributed by atoms with Gasteiger partial charge in [0.25, 0.3) is 0 Å². The van der Waals surface area contributed by atoms with E-state index in [-0.39, 0.29) is 5.41 Å². The number of rotatable bonds is 3. The average molecular weight is 206 g/mol. The van der Waals surface area contributed by atoms with Crippen molar-refractivity contribution in [3.8, 4) is 11.6 Å². The molecule has 3 N–H and O–H groups in total. The van der Waals surface area contributed by atoms with Crippen LogP contribution in [0.15, 0.2) is 10.9 Å². The van der Waals surface area contributed by atoms with Gasteiger partial charge in [0.2, 0.25) is 11.7 Å². The van der Waals surface area contributed by atoms with Gasteiger partial charge < -0.3 is 10.3 Å². The molecule has 1 fully saturated rings. The summed E-state index contributed by atoms with van der Waals surface area (Å²) in [7, 11) is 0. The zero-order valence-electron chi connectivity index (χ0n) is 7.97. The Morgan fingerprint density at radius 1 is 1.53 bits per heavy atom. The van der Waals surface area contributed by atoms with Gasteiger partial charge in [-0.2, -0.15) is 10.1 Å². The van der Waals surface area contributed by atoms with E-state index in [2.05, 4.69) is 25.3 Å². The number of hydrogen-bond acceptors (Lipinski definition) is 6. The molecule has 1 aliphatic rings. The Labute approximate surface area is 85.1 Å². The van der Waals surface area contributed by atoms with Gasteiger partial charge >= 0.3 is 0 Å². The van der Waals surface area contributed by atoms with E-state index in [1.807, 2.05) is 0 Å². The highest BCUT2D eigenvalue weighted by atomic mass is 16.5. The van der Waals surface area contributed by atoms with Gasteiger partial charge in [-0.3, -0.25) is 5.10 Å². The fourth-order valence-electron chi connectivity index (χ4n) is 1.50. The Bertz CT molecular complexity index is 457. The molecular formula is C8H10N6O. The molecule has 3 rings (SSSR count). The van der Waals surface area contributed by atoms with E-state index in [9.17, 15) is 0 Å². The van der Waals surface area contributed by atoms with Crippen LogP contribution in [0, 0.1) is 0 Å². The lowest BCUT2D eigenvalue weighted by Gasteiger charge is -2.03. The largest absolute Gasteiger partial charge is 0.338 e. The Kier molecular flexibility index (Phi) is 1.63. The second-order valence-corrected chi connectivity index (χ2v) is 3.74. The lowest BCUT2D eigenvalue weighted by atomic mass is 10.1. The number of hydrogen-bond donors (Lipinski definition) is 2. The number of aromatic amines is 1. The van der Waals surface area contributed by atoms with E-state index < -0.39 is 0 Å². The Hall–Kier alpha value is -1.76. The van der Waals surface area contributed by atoms with Crippen LogP contribution < -0.4 is 5.73 Å². The van der Waals surface area contributed by atoms with E-state index in [4.69, 9.17) is 10.3 Å². The highest BCUT2D eigenvalue weighted by Gasteiger charge is 2.48. The van der Waals surface area contributed by atoms with E-state index in [1.165, 1.54) is 6.33 Å². The maximum absolute atomic E-state index is 5.67. The molecule has 0 bridgehead atoms. The monoisotopic (exact) mass is 206 g/mol. The first-order valence-corrected chi connectivity index (χ1v) is 4.74. The molecule has 0 aliphatic heterocycles. The molecule has 7 nitrogen and oxygen atoms in total. The topological polar surface area (TPSA) is 107 Å². The summed E-state index contributed by atoms with van der Waals surface area (Å²) in [6, 6.07) is 0. The predicted molar refractivity (Wildman–Crippen MR) is 49.6 cm³/mol. The Morgan fingerprint density at radius 2 is 2.40 bits per heavy atom.